The maximum Gasteiger partial charge on any atom is 0.401 e. The number of alkyl halides is 3. The summed E-state index contributed by atoms with van der Waals surface area (Å²) < 4.78 is 37.1. The van der Waals surface area contributed by atoms with Crippen LogP contribution < -0.4 is 11.1 Å². The van der Waals surface area contributed by atoms with Gasteiger partial charge < -0.3 is 11.1 Å². The predicted molar refractivity (Wildman–Crippen MR) is 102 cm³/mol. The second-order valence-corrected chi connectivity index (χ2v) is 5.91. The van der Waals surface area contributed by atoms with Crippen LogP contribution in [0.1, 0.15) is 18.9 Å². The van der Waals surface area contributed by atoms with Crippen LogP contribution in [-0.4, -0.2) is 43.2 Å². The summed E-state index contributed by atoms with van der Waals surface area (Å²) in [4.78, 5) is 5.69. The number of aryl methyl sites for hydroxylation is 1. The van der Waals surface area contributed by atoms with Crippen LogP contribution in [0.3, 0.4) is 0 Å². The highest BCUT2D eigenvalue weighted by atomic mass is 127. The molecule has 0 aromatic heterocycles. The fraction of sp³-hybridized carbons (Fsp3) is 0.562. The highest BCUT2D eigenvalue weighted by molar-refractivity contribution is 14.0. The van der Waals surface area contributed by atoms with E-state index in [0.717, 1.165) is 18.5 Å². The van der Waals surface area contributed by atoms with E-state index in [1.165, 1.54) is 10.5 Å². The van der Waals surface area contributed by atoms with Crippen LogP contribution in [0, 0.1) is 5.92 Å². The Hall–Kier alpha value is -1.03. The summed E-state index contributed by atoms with van der Waals surface area (Å²) in [7, 11) is 0. The Morgan fingerprint density at radius 1 is 1.42 bits per heavy atom. The largest absolute Gasteiger partial charge is 0.401 e. The minimum absolute atomic E-state index is 0. The number of nitrogens with one attached hydrogen (secondary N) is 1. The van der Waals surface area contributed by atoms with Crippen molar-refractivity contribution in [1.29, 1.82) is 0 Å². The Labute approximate surface area is 157 Å². The molecule has 1 atom stereocenters. The third-order valence-electron chi connectivity index (χ3n) is 3.90. The number of benzene rings is 1. The molecule has 1 aromatic rings. The lowest BCUT2D eigenvalue weighted by Crippen LogP contribution is -2.32. The van der Waals surface area contributed by atoms with Crippen molar-refractivity contribution >= 4 is 35.6 Å². The number of nitrogens with two attached hydrogens (primary N) is 1. The Kier molecular flexibility index (Phi) is 8.28. The van der Waals surface area contributed by atoms with Crippen molar-refractivity contribution in [1.82, 2.24) is 4.90 Å². The number of nitrogens with zero attached hydrogens (tertiary/aromatic N) is 2. The zero-order chi connectivity index (χ0) is 16.9. The second-order valence-electron chi connectivity index (χ2n) is 5.91. The molecule has 8 heteroatoms. The lowest BCUT2D eigenvalue weighted by atomic mass is 10.1. The van der Waals surface area contributed by atoms with Gasteiger partial charge in [-0.15, -0.1) is 24.0 Å². The number of guanidine groups is 1. The van der Waals surface area contributed by atoms with Gasteiger partial charge in [0, 0.05) is 18.8 Å². The zero-order valence-electron chi connectivity index (χ0n) is 13.6. The Morgan fingerprint density at radius 2 is 2.17 bits per heavy atom. The number of hydrogen-bond acceptors (Lipinski definition) is 2. The third-order valence-corrected chi connectivity index (χ3v) is 3.90. The van der Waals surface area contributed by atoms with Crippen LogP contribution in [0.5, 0.6) is 0 Å². The van der Waals surface area contributed by atoms with Crippen molar-refractivity contribution in [2.24, 2.45) is 16.6 Å². The molecule has 0 aliphatic carbocycles. The molecule has 24 heavy (non-hydrogen) atoms. The van der Waals surface area contributed by atoms with Gasteiger partial charge >= 0.3 is 6.18 Å². The van der Waals surface area contributed by atoms with Gasteiger partial charge in [-0.2, -0.15) is 13.2 Å². The molecule has 0 amide bonds. The average molecular weight is 456 g/mol. The molecule has 1 aliphatic heterocycles. The molecule has 1 aromatic carbocycles. The normalized spacial score (nSPS) is 19.2. The molecule has 0 bridgehead atoms. The first-order valence-electron chi connectivity index (χ1n) is 7.80. The van der Waals surface area contributed by atoms with Gasteiger partial charge in [0.05, 0.1) is 6.54 Å². The first-order valence-corrected chi connectivity index (χ1v) is 7.80. The molecule has 4 nitrogen and oxygen atoms in total. The van der Waals surface area contributed by atoms with Crippen LogP contribution in [0.15, 0.2) is 29.3 Å². The minimum atomic E-state index is -4.14. The van der Waals surface area contributed by atoms with E-state index in [-0.39, 0.29) is 29.9 Å². The van der Waals surface area contributed by atoms with E-state index in [2.05, 4.69) is 17.2 Å². The van der Waals surface area contributed by atoms with Gasteiger partial charge in [-0.3, -0.25) is 9.89 Å². The molecule has 1 fully saturated rings. The number of likely N-dealkylation sites (tertiary alicyclic amines) is 1. The van der Waals surface area contributed by atoms with E-state index in [0.29, 0.717) is 25.6 Å². The fourth-order valence-corrected chi connectivity index (χ4v) is 2.74. The molecule has 0 spiro atoms. The van der Waals surface area contributed by atoms with Gasteiger partial charge in [-0.05, 0) is 43.0 Å². The van der Waals surface area contributed by atoms with Crippen molar-refractivity contribution in [3.63, 3.8) is 0 Å². The average Bonchev–Trinajstić information content (AvgIpc) is 2.91. The predicted octanol–water partition coefficient (Wildman–Crippen LogP) is 3.48. The molecule has 1 saturated heterocycles. The zero-order valence-corrected chi connectivity index (χ0v) is 16.0. The first-order chi connectivity index (χ1) is 10.9. The molecule has 0 saturated carbocycles. The second kappa shape index (κ2) is 9.45. The maximum atomic E-state index is 12.4. The van der Waals surface area contributed by atoms with Gasteiger partial charge in [0.2, 0.25) is 0 Å². The number of halogens is 4. The van der Waals surface area contributed by atoms with Crippen molar-refractivity contribution < 1.29 is 13.2 Å². The molecule has 136 valence electrons. The van der Waals surface area contributed by atoms with Crippen LogP contribution in [0.2, 0.25) is 0 Å². The van der Waals surface area contributed by atoms with E-state index in [4.69, 9.17) is 5.73 Å². The summed E-state index contributed by atoms with van der Waals surface area (Å²) in [6.07, 6.45) is -2.48. The van der Waals surface area contributed by atoms with Crippen molar-refractivity contribution in [3.05, 3.63) is 29.8 Å². The quantitative estimate of drug-likeness (QED) is 0.406. The summed E-state index contributed by atoms with van der Waals surface area (Å²) in [5.74, 6) is 0.423. The molecule has 1 heterocycles. The lowest BCUT2D eigenvalue weighted by Gasteiger charge is -2.17. The molecule has 1 unspecified atom stereocenters. The topological polar surface area (TPSA) is 53.6 Å². The highest BCUT2D eigenvalue weighted by Crippen LogP contribution is 2.22. The summed E-state index contributed by atoms with van der Waals surface area (Å²) in [5.41, 5.74) is 7.92. The van der Waals surface area contributed by atoms with E-state index >= 15 is 0 Å². The Balaban J connectivity index is 0.00000288. The maximum absolute atomic E-state index is 12.4. The summed E-state index contributed by atoms with van der Waals surface area (Å²) >= 11 is 0. The van der Waals surface area contributed by atoms with Crippen LogP contribution in [0.25, 0.3) is 0 Å². The molecule has 2 rings (SSSR count). The van der Waals surface area contributed by atoms with E-state index < -0.39 is 12.7 Å². The Morgan fingerprint density at radius 3 is 2.83 bits per heavy atom. The molecular formula is C16H24F3IN4. The monoisotopic (exact) mass is 456 g/mol. The van der Waals surface area contributed by atoms with Crippen molar-refractivity contribution in [2.45, 2.75) is 25.9 Å². The van der Waals surface area contributed by atoms with E-state index in [1.54, 1.807) is 0 Å². The van der Waals surface area contributed by atoms with Crippen LogP contribution in [-0.2, 0) is 6.42 Å². The smallest absolute Gasteiger partial charge is 0.370 e. The third kappa shape index (κ3) is 7.25. The fourth-order valence-electron chi connectivity index (χ4n) is 2.74. The SMILES string of the molecule is CCc1cccc(NC(N)=NCC2CCN(CC(F)(F)F)C2)c1.I. The molecule has 1 aliphatic rings. The van der Waals surface area contributed by atoms with Crippen LogP contribution in [0.4, 0.5) is 18.9 Å². The van der Waals surface area contributed by atoms with E-state index in [1.807, 2.05) is 24.3 Å². The Bertz CT molecular complexity index is 548. The van der Waals surface area contributed by atoms with Crippen LogP contribution >= 0.6 is 24.0 Å². The van der Waals surface area contributed by atoms with Crippen molar-refractivity contribution in [3.8, 4) is 0 Å². The number of anilines is 1. The molecule has 0 radical (unpaired) electrons. The molecular weight excluding hydrogens is 432 g/mol. The molecule has 3 N–H and O–H groups in total. The minimum Gasteiger partial charge on any atom is -0.370 e. The number of rotatable bonds is 5. The van der Waals surface area contributed by atoms with Gasteiger partial charge in [0.1, 0.15) is 0 Å². The number of aliphatic imine (C=N–C) groups is 1. The number of hydrogen-bond donors (Lipinski definition) is 2. The van der Waals surface area contributed by atoms with Gasteiger partial charge in [-0.1, -0.05) is 19.1 Å². The van der Waals surface area contributed by atoms with Gasteiger partial charge in [-0.25, -0.2) is 0 Å². The highest BCUT2D eigenvalue weighted by Gasteiger charge is 2.34. The van der Waals surface area contributed by atoms with Gasteiger partial charge in [0.25, 0.3) is 0 Å². The summed E-state index contributed by atoms with van der Waals surface area (Å²) in [6.45, 7) is 2.56. The summed E-state index contributed by atoms with van der Waals surface area (Å²) in [5, 5.41) is 3.02. The van der Waals surface area contributed by atoms with E-state index in [9.17, 15) is 13.2 Å². The van der Waals surface area contributed by atoms with Crippen molar-refractivity contribution in [2.75, 3.05) is 31.5 Å². The standard InChI is InChI=1S/C16H23F3N4.HI/c1-2-12-4-3-5-14(8-12)22-15(20)21-9-13-6-7-23(10-13)11-16(17,18)19;/h3-5,8,13H,2,6-7,9-11H2,1H3,(H3,20,21,22);1H. The first kappa shape index (κ1) is 21.0. The summed E-state index contributed by atoms with van der Waals surface area (Å²) in [6, 6.07) is 7.89. The lowest BCUT2D eigenvalue weighted by molar-refractivity contribution is -0.143. The van der Waals surface area contributed by atoms with Gasteiger partial charge in [0.15, 0.2) is 5.96 Å².